The molecule has 4 heterocycles. The topological polar surface area (TPSA) is 70.7 Å². The minimum atomic E-state index is 0.0872. The summed E-state index contributed by atoms with van der Waals surface area (Å²) < 4.78 is 10.8. The summed E-state index contributed by atoms with van der Waals surface area (Å²) >= 11 is 0. The number of hydrogen-bond donors (Lipinski definition) is 1. The minimum absolute atomic E-state index is 0.0872. The molecule has 1 aromatic heterocycles. The van der Waals surface area contributed by atoms with Crippen LogP contribution in [0.25, 0.3) is 0 Å². The van der Waals surface area contributed by atoms with Gasteiger partial charge in [0.2, 0.25) is 6.79 Å². The van der Waals surface area contributed by atoms with Crippen molar-refractivity contribution in [2.45, 2.75) is 32.4 Å². The number of fused-ring (bicyclic) bond motifs is 2. The molecule has 1 saturated heterocycles. The summed E-state index contributed by atoms with van der Waals surface area (Å²) in [4.78, 5) is 17.0. The first-order valence-electron chi connectivity index (χ1n) is 9.24. The monoisotopic (exact) mass is 354 g/mol. The zero-order valence-electron chi connectivity index (χ0n) is 14.7. The number of rotatable bonds is 3. The van der Waals surface area contributed by atoms with Crippen LogP contribution in [0.2, 0.25) is 0 Å². The highest BCUT2D eigenvalue weighted by Gasteiger charge is 2.29. The fourth-order valence-corrected chi connectivity index (χ4v) is 4.05. The van der Waals surface area contributed by atoms with Gasteiger partial charge in [-0.05, 0) is 37.0 Å². The summed E-state index contributed by atoms with van der Waals surface area (Å²) in [5.74, 6) is 1.72. The molecule has 0 saturated carbocycles. The quantitative estimate of drug-likeness (QED) is 0.912. The first kappa shape index (κ1) is 15.7. The van der Waals surface area contributed by atoms with E-state index in [1.807, 2.05) is 17.0 Å². The van der Waals surface area contributed by atoms with E-state index in [0.29, 0.717) is 12.5 Å². The third-order valence-corrected chi connectivity index (χ3v) is 5.45. The summed E-state index contributed by atoms with van der Waals surface area (Å²) in [5.41, 5.74) is 4.00. The van der Waals surface area contributed by atoms with Crippen molar-refractivity contribution in [3.05, 3.63) is 40.7 Å². The van der Waals surface area contributed by atoms with Gasteiger partial charge in [-0.15, -0.1) is 0 Å². The maximum atomic E-state index is 12.7. The van der Waals surface area contributed by atoms with Crippen LogP contribution in [0.5, 0.6) is 11.5 Å². The normalized spacial score (nSPS) is 19.0. The molecule has 0 spiro atoms. The Bertz CT molecular complexity index is 841. The molecule has 26 heavy (non-hydrogen) atoms. The molecule has 7 nitrogen and oxygen atoms in total. The lowest BCUT2D eigenvalue weighted by atomic mass is 10.0. The number of nitrogens with one attached hydrogen (secondary N) is 1. The number of amides is 1. The number of likely N-dealkylation sites (tertiary alicyclic amines) is 1. The largest absolute Gasteiger partial charge is 0.454 e. The number of carbonyl (C=O) groups excluding carboxylic acids is 1. The Kier molecular flexibility index (Phi) is 3.81. The molecule has 136 valence electrons. The van der Waals surface area contributed by atoms with Crippen LogP contribution in [0.4, 0.5) is 0 Å². The number of benzene rings is 1. The molecular formula is C19H22N4O3. The highest BCUT2D eigenvalue weighted by Crippen LogP contribution is 2.33. The second kappa shape index (κ2) is 6.32. The van der Waals surface area contributed by atoms with Gasteiger partial charge in [0.1, 0.15) is 0 Å². The van der Waals surface area contributed by atoms with E-state index in [4.69, 9.17) is 9.47 Å². The van der Waals surface area contributed by atoms with Gasteiger partial charge in [-0.1, -0.05) is 6.07 Å². The van der Waals surface area contributed by atoms with Crippen molar-refractivity contribution in [1.82, 2.24) is 20.0 Å². The van der Waals surface area contributed by atoms with E-state index in [0.717, 1.165) is 74.7 Å². The molecule has 3 aliphatic rings. The van der Waals surface area contributed by atoms with Crippen molar-refractivity contribution >= 4 is 5.91 Å². The second-order valence-corrected chi connectivity index (χ2v) is 7.18. The van der Waals surface area contributed by atoms with E-state index in [1.54, 1.807) is 0 Å². The van der Waals surface area contributed by atoms with Gasteiger partial charge in [0.15, 0.2) is 17.2 Å². The highest BCUT2D eigenvalue weighted by molar-refractivity contribution is 5.94. The van der Waals surface area contributed by atoms with Crippen molar-refractivity contribution in [3.63, 3.8) is 0 Å². The third-order valence-electron chi connectivity index (χ3n) is 5.45. The summed E-state index contributed by atoms with van der Waals surface area (Å²) in [6.45, 7) is 4.55. The van der Waals surface area contributed by atoms with Crippen LogP contribution in [0.3, 0.4) is 0 Å². The molecule has 0 unspecified atom stereocenters. The number of aromatic amines is 1. The Hall–Kier alpha value is -2.54. The number of aromatic nitrogens is 2. The Balaban J connectivity index is 1.29. The molecule has 1 fully saturated rings. The van der Waals surface area contributed by atoms with E-state index in [9.17, 15) is 4.79 Å². The van der Waals surface area contributed by atoms with Crippen molar-refractivity contribution in [3.8, 4) is 11.5 Å². The van der Waals surface area contributed by atoms with Gasteiger partial charge in [0.05, 0.1) is 5.69 Å². The Labute approximate surface area is 151 Å². The van der Waals surface area contributed by atoms with Gasteiger partial charge in [0, 0.05) is 38.3 Å². The first-order chi connectivity index (χ1) is 12.8. The maximum Gasteiger partial charge on any atom is 0.274 e. The third kappa shape index (κ3) is 2.72. The smallest absolute Gasteiger partial charge is 0.274 e. The molecule has 5 rings (SSSR count). The van der Waals surface area contributed by atoms with E-state index in [2.05, 4.69) is 21.2 Å². The predicted molar refractivity (Wildman–Crippen MR) is 94.1 cm³/mol. The lowest BCUT2D eigenvalue weighted by Gasteiger charge is -2.27. The molecule has 0 bridgehead atoms. The average molecular weight is 354 g/mol. The van der Waals surface area contributed by atoms with Gasteiger partial charge >= 0.3 is 0 Å². The minimum Gasteiger partial charge on any atom is -0.454 e. The van der Waals surface area contributed by atoms with Crippen molar-refractivity contribution < 1.29 is 14.3 Å². The summed E-state index contributed by atoms with van der Waals surface area (Å²) in [5, 5.41) is 7.46. The molecule has 1 amide bonds. The predicted octanol–water partition coefficient (Wildman–Crippen LogP) is 1.93. The van der Waals surface area contributed by atoms with E-state index < -0.39 is 0 Å². The number of carbonyl (C=O) groups is 1. The van der Waals surface area contributed by atoms with Gasteiger partial charge in [-0.3, -0.25) is 14.8 Å². The van der Waals surface area contributed by atoms with Crippen molar-refractivity contribution in [2.24, 2.45) is 0 Å². The summed E-state index contributed by atoms with van der Waals surface area (Å²) in [6, 6.07) is 6.10. The second-order valence-electron chi connectivity index (χ2n) is 7.18. The van der Waals surface area contributed by atoms with Gasteiger partial charge in [0.25, 0.3) is 5.91 Å². The van der Waals surface area contributed by atoms with E-state index >= 15 is 0 Å². The maximum absolute atomic E-state index is 12.7. The molecular weight excluding hydrogens is 332 g/mol. The Morgan fingerprint density at radius 1 is 1.15 bits per heavy atom. The average Bonchev–Trinajstić information content (AvgIpc) is 3.40. The van der Waals surface area contributed by atoms with Gasteiger partial charge < -0.3 is 14.4 Å². The standard InChI is InChI=1S/C19H22N4O3/c24-19(23-6-1-2-7-23)18-14-5-8-22(11-15(14)20-21-18)10-13-3-4-16-17(9-13)26-12-25-16/h3-4,9H,1-2,5-8,10-12H2,(H,20,21). The van der Waals surface area contributed by atoms with E-state index in [1.165, 1.54) is 5.56 Å². The fraction of sp³-hybridized carbons (Fsp3) is 0.474. The molecule has 7 heteroatoms. The van der Waals surface area contributed by atoms with Crippen LogP contribution >= 0.6 is 0 Å². The number of H-pyrrole nitrogens is 1. The van der Waals surface area contributed by atoms with Crippen LogP contribution in [0.1, 0.15) is 40.2 Å². The Morgan fingerprint density at radius 3 is 2.88 bits per heavy atom. The molecule has 2 aromatic rings. The SMILES string of the molecule is O=C(c1n[nH]c2c1CCN(Cc1ccc3c(c1)OCO3)C2)N1CCCC1. The van der Waals surface area contributed by atoms with Gasteiger partial charge in [-0.25, -0.2) is 0 Å². The Morgan fingerprint density at radius 2 is 2.00 bits per heavy atom. The molecule has 0 atom stereocenters. The molecule has 1 N–H and O–H groups in total. The van der Waals surface area contributed by atoms with Crippen LogP contribution < -0.4 is 9.47 Å². The van der Waals surface area contributed by atoms with E-state index in [-0.39, 0.29) is 5.91 Å². The molecule has 3 aliphatic heterocycles. The zero-order valence-corrected chi connectivity index (χ0v) is 14.7. The number of nitrogens with zero attached hydrogens (tertiary/aromatic N) is 3. The lowest BCUT2D eigenvalue weighted by Crippen LogP contribution is -2.32. The van der Waals surface area contributed by atoms with Crippen LogP contribution in [-0.2, 0) is 19.5 Å². The molecule has 0 aliphatic carbocycles. The highest BCUT2D eigenvalue weighted by atomic mass is 16.7. The molecule has 0 radical (unpaired) electrons. The number of hydrogen-bond acceptors (Lipinski definition) is 5. The lowest BCUT2D eigenvalue weighted by molar-refractivity contribution is 0.0785. The molecule has 1 aromatic carbocycles. The van der Waals surface area contributed by atoms with Gasteiger partial charge in [-0.2, -0.15) is 5.10 Å². The van der Waals surface area contributed by atoms with Crippen LogP contribution in [-0.4, -0.2) is 52.3 Å². The zero-order chi connectivity index (χ0) is 17.5. The summed E-state index contributed by atoms with van der Waals surface area (Å²) in [6.07, 6.45) is 3.05. The fourth-order valence-electron chi connectivity index (χ4n) is 4.05. The first-order valence-corrected chi connectivity index (χ1v) is 9.24. The number of ether oxygens (including phenoxy) is 2. The van der Waals surface area contributed by atoms with Crippen LogP contribution in [0.15, 0.2) is 18.2 Å². The summed E-state index contributed by atoms with van der Waals surface area (Å²) in [7, 11) is 0. The van der Waals surface area contributed by atoms with Crippen LogP contribution in [0, 0.1) is 0 Å². The van der Waals surface area contributed by atoms with Crippen molar-refractivity contribution in [1.29, 1.82) is 0 Å². The van der Waals surface area contributed by atoms with Crippen molar-refractivity contribution in [2.75, 3.05) is 26.4 Å².